The summed E-state index contributed by atoms with van der Waals surface area (Å²) in [6.07, 6.45) is 5.40. The first-order valence-electron chi connectivity index (χ1n) is 10.9. The number of allylic oxidation sites excluding steroid dienone is 2. The normalized spacial score (nSPS) is 20.7. The van der Waals surface area contributed by atoms with Gasteiger partial charge in [-0.05, 0) is 47.2 Å². The minimum atomic E-state index is -0.102. The molecular formula is C27H26N2O3. The van der Waals surface area contributed by atoms with Crippen molar-refractivity contribution in [3.63, 3.8) is 0 Å². The number of carbonyl (C=O) groups excluding carboxylic acids is 1. The Hall–Kier alpha value is -3.73. The van der Waals surface area contributed by atoms with E-state index in [-0.39, 0.29) is 23.6 Å². The molecule has 1 aliphatic heterocycles. The van der Waals surface area contributed by atoms with Crippen LogP contribution in [0.5, 0.6) is 11.5 Å². The van der Waals surface area contributed by atoms with Crippen molar-refractivity contribution in [1.82, 2.24) is 5.32 Å². The second-order valence-corrected chi connectivity index (χ2v) is 8.34. The molecule has 1 amide bonds. The summed E-state index contributed by atoms with van der Waals surface area (Å²) < 4.78 is 5.21. The number of hydrogen-bond acceptors (Lipinski definition) is 4. The van der Waals surface area contributed by atoms with Crippen LogP contribution >= 0.6 is 0 Å². The van der Waals surface area contributed by atoms with E-state index in [0.29, 0.717) is 23.8 Å². The molecule has 0 aromatic heterocycles. The maximum atomic E-state index is 13.1. The van der Waals surface area contributed by atoms with Gasteiger partial charge in [0.2, 0.25) is 0 Å². The molecule has 0 spiro atoms. The van der Waals surface area contributed by atoms with Crippen molar-refractivity contribution in [2.75, 3.05) is 12.4 Å². The fourth-order valence-electron chi connectivity index (χ4n) is 4.91. The fourth-order valence-corrected chi connectivity index (χ4v) is 4.91. The van der Waals surface area contributed by atoms with E-state index in [1.54, 1.807) is 19.2 Å². The minimum absolute atomic E-state index is 0.0256. The number of phenolic OH excluding ortho intramolecular Hbond substituents is 1. The van der Waals surface area contributed by atoms with Gasteiger partial charge in [-0.1, -0.05) is 60.7 Å². The summed E-state index contributed by atoms with van der Waals surface area (Å²) in [5.41, 5.74) is 4.69. The van der Waals surface area contributed by atoms with Crippen LogP contribution in [0.2, 0.25) is 0 Å². The third-order valence-corrected chi connectivity index (χ3v) is 6.50. The lowest BCUT2D eigenvalue weighted by Crippen LogP contribution is -2.32. The third-order valence-electron chi connectivity index (χ3n) is 6.50. The Balaban J connectivity index is 1.47. The van der Waals surface area contributed by atoms with Crippen molar-refractivity contribution in [2.45, 2.75) is 24.9 Å². The number of ether oxygens (including phenoxy) is 1. The first-order chi connectivity index (χ1) is 15.7. The molecule has 3 aromatic rings. The van der Waals surface area contributed by atoms with Gasteiger partial charge in [-0.25, -0.2) is 0 Å². The largest absolute Gasteiger partial charge is 0.504 e. The molecule has 162 valence electrons. The third kappa shape index (κ3) is 3.60. The Bertz CT molecular complexity index is 1170. The molecule has 5 heteroatoms. The standard InChI is InChI=1S/C27H26N2O3/c1-32-24-14-13-18(15-23(24)30)25-20-10-5-9-19(20)21-11-6-12-22(26(21)29-25)27(31)28-16-17-7-3-2-4-8-17/h2-9,11-15,19-20,25,29-30H,10,16H2,1H3,(H,28,31). The van der Waals surface area contributed by atoms with Gasteiger partial charge in [0.15, 0.2) is 11.5 Å². The maximum Gasteiger partial charge on any atom is 0.253 e. The lowest BCUT2D eigenvalue weighted by atomic mass is 9.76. The molecule has 0 radical (unpaired) electrons. The zero-order valence-corrected chi connectivity index (χ0v) is 17.9. The summed E-state index contributed by atoms with van der Waals surface area (Å²) >= 11 is 0. The SMILES string of the molecule is COc1ccc(C2Nc3c(C(=O)NCc4ccccc4)cccc3C3C=CCC32)cc1O. The molecule has 32 heavy (non-hydrogen) atoms. The summed E-state index contributed by atoms with van der Waals surface area (Å²) in [7, 11) is 1.54. The van der Waals surface area contributed by atoms with Gasteiger partial charge in [-0.3, -0.25) is 4.79 Å². The molecule has 5 rings (SSSR count). The molecule has 3 unspecified atom stereocenters. The molecule has 1 aliphatic carbocycles. The lowest BCUT2D eigenvalue weighted by Gasteiger charge is -2.38. The van der Waals surface area contributed by atoms with Gasteiger partial charge >= 0.3 is 0 Å². The molecule has 0 saturated heterocycles. The van der Waals surface area contributed by atoms with Crippen molar-refractivity contribution < 1.29 is 14.6 Å². The number of benzene rings is 3. The van der Waals surface area contributed by atoms with Crippen LogP contribution in [0, 0.1) is 5.92 Å². The zero-order chi connectivity index (χ0) is 22.1. The van der Waals surface area contributed by atoms with Crippen LogP contribution in [0.1, 0.15) is 45.4 Å². The van der Waals surface area contributed by atoms with Crippen LogP contribution in [0.25, 0.3) is 0 Å². The van der Waals surface area contributed by atoms with Crippen molar-refractivity contribution in [2.24, 2.45) is 5.92 Å². The van der Waals surface area contributed by atoms with E-state index in [0.717, 1.165) is 28.8 Å². The molecular weight excluding hydrogens is 400 g/mol. The highest BCUT2D eigenvalue weighted by atomic mass is 16.5. The molecule has 3 N–H and O–H groups in total. The molecule has 0 saturated carbocycles. The van der Waals surface area contributed by atoms with Gasteiger partial charge < -0.3 is 20.5 Å². The molecule has 5 nitrogen and oxygen atoms in total. The van der Waals surface area contributed by atoms with Gasteiger partial charge in [-0.2, -0.15) is 0 Å². The molecule has 0 bridgehead atoms. The molecule has 3 atom stereocenters. The van der Waals surface area contributed by atoms with E-state index in [1.165, 1.54) is 0 Å². The van der Waals surface area contributed by atoms with E-state index in [4.69, 9.17) is 4.74 Å². The summed E-state index contributed by atoms with van der Waals surface area (Å²) in [4.78, 5) is 13.1. The summed E-state index contributed by atoms with van der Waals surface area (Å²) in [6, 6.07) is 21.3. The fraction of sp³-hybridized carbons (Fsp3) is 0.222. The van der Waals surface area contributed by atoms with Gasteiger partial charge in [-0.15, -0.1) is 0 Å². The first kappa shape index (κ1) is 20.2. The van der Waals surface area contributed by atoms with Gasteiger partial charge in [0.1, 0.15) is 0 Å². The zero-order valence-electron chi connectivity index (χ0n) is 17.9. The van der Waals surface area contributed by atoms with E-state index in [1.807, 2.05) is 48.5 Å². The van der Waals surface area contributed by atoms with Crippen LogP contribution in [0.4, 0.5) is 5.69 Å². The summed E-state index contributed by atoms with van der Waals surface area (Å²) in [5, 5.41) is 17.0. The van der Waals surface area contributed by atoms with Crippen molar-refractivity contribution in [1.29, 1.82) is 0 Å². The quantitative estimate of drug-likeness (QED) is 0.493. The number of anilines is 1. The predicted octanol–water partition coefficient (Wildman–Crippen LogP) is 5.16. The van der Waals surface area contributed by atoms with E-state index in [2.05, 4.69) is 28.9 Å². The second-order valence-electron chi connectivity index (χ2n) is 8.34. The highest BCUT2D eigenvalue weighted by molar-refractivity contribution is 6.00. The topological polar surface area (TPSA) is 70.6 Å². The monoisotopic (exact) mass is 426 g/mol. The Labute approximate surface area is 187 Å². The summed E-state index contributed by atoms with van der Waals surface area (Å²) in [6.45, 7) is 0.477. The van der Waals surface area contributed by atoms with Crippen molar-refractivity contribution in [3.8, 4) is 11.5 Å². The highest BCUT2D eigenvalue weighted by Crippen LogP contribution is 2.51. The average molecular weight is 427 g/mol. The van der Waals surface area contributed by atoms with Crippen molar-refractivity contribution >= 4 is 11.6 Å². The number of para-hydroxylation sites is 1. The molecule has 3 aromatic carbocycles. The van der Waals surface area contributed by atoms with Gasteiger partial charge in [0.25, 0.3) is 5.91 Å². The summed E-state index contributed by atoms with van der Waals surface area (Å²) in [5.74, 6) is 1.01. The Morgan fingerprint density at radius 2 is 1.97 bits per heavy atom. The van der Waals surface area contributed by atoms with Crippen LogP contribution in [0.15, 0.2) is 78.9 Å². The molecule has 1 heterocycles. The van der Waals surface area contributed by atoms with Crippen LogP contribution < -0.4 is 15.4 Å². The van der Waals surface area contributed by atoms with Crippen molar-refractivity contribution in [3.05, 3.63) is 101 Å². The second kappa shape index (κ2) is 8.42. The molecule has 2 aliphatic rings. The first-order valence-corrected chi connectivity index (χ1v) is 10.9. The number of rotatable bonds is 5. The number of hydrogen-bond donors (Lipinski definition) is 3. The maximum absolute atomic E-state index is 13.1. The average Bonchev–Trinajstić information content (AvgIpc) is 3.32. The van der Waals surface area contributed by atoms with Gasteiger partial charge in [0.05, 0.1) is 24.4 Å². The number of amides is 1. The van der Waals surface area contributed by atoms with E-state index >= 15 is 0 Å². The van der Waals surface area contributed by atoms with Crippen LogP contribution in [0.3, 0.4) is 0 Å². The Morgan fingerprint density at radius 1 is 1.12 bits per heavy atom. The predicted molar refractivity (Wildman–Crippen MR) is 125 cm³/mol. The smallest absolute Gasteiger partial charge is 0.253 e. The lowest BCUT2D eigenvalue weighted by molar-refractivity contribution is 0.0951. The van der Waals surface area contributed by atoms with E-state index < -0.39 is 0 Å². The van der Waals surface area contributed by atoms with Crippen LogP contribution in [-0.2, 0) is 6.54 Å². The number of fused-ring (bicyclic) bond motifs is 3. The highest BCUT2D eigenvalue weighted by Gasteiger charge is 2.39. The van der Waals surface area contributed by atoms with Crippen LogP contribution in [-0.4, -0.2) is 18.1 Å². The Morgan fingerprint density at radius 3 is 2.75 bits per heavy atom. The number of carbonyl (C=O) groups is 1. The number of nitrogens with one attached hydrogen (secondary N) is 2. The van der Waals surface area contributed by atoms with Gasteiger partial charge in [0, 0.05) is 12.5 Å². The number of methoxy groups -OCH3 is 1. The Kier molecular flexibility index (Phi) is 5.31. The minimum Gasteiger partial charge on any atom is -0.504 e. The molecule has 0 fully saturated rings. The number of phenols is 1. The van der Waals surface area contributed by atoms with E-state index in [9.17, 15) is 9.90 Å². The number of aromatic hydroxyl groups is 1.